The van der Waals surface area contributed by atoms with Crippen molar-refractivity contribution in [2.45, 2.75) is 44.1 Å². The Balaban J connectivity index is 1.80. The Bertz CT molecular complexity index is 260. The smallest absolute Gasteiger partial charge is 0.237 e. The molecule has 16 heavy (non-hydrogen) atoms. The van der Waals surface area contributed by atoms with E-state index in [-0.39, 0.29) is 30.2 Å². The van der Waals surface area contributed by atoms with E-state index in [1.807, 2.05) is 6.92 Å². The minimum absolute atomic E-state index is 0.0712. The molecule has 2 aliphatic heterocycles. The number of ether oxygens (including phenoxy) is 2. The monoisotopic (exact) mass is 228 g/mol. The molecular formula is C11H20N2O3. The maximum Gasteiger partial charge on any atom is 0.237 e. The summed E-state index contributed by atoms with van der Waals surface area (Å²) in [5.74, 6) is 0.0712. The lowest BCUT2D eigenvalue weighted by Gasteiger charge is -2.18. The van der Waals surface area contributed by atoms with Gasteiger partial charge in [0.2, 0.25) is 5.91 Å². The second kappa shape index (κ2) is 5.12. The summed E-state index contributed by atoms with van der Waals surface area (Å²) in [6.45, 7) is 3.49. The van der Waals surface area contributed by atoms with Crippen LogP contribution in [0.25, 0.3) is 0 Å². The van der Waals surface area contributed by atoms with Gasteiger partial charge < -0.3 is 20.1 Å². The molecule has 2 rings (SSSR count). The summed E-state index contributed by atoms with van der Waals surface area (Å²) < 4.78 is 10.6. The standard InChI is InChI=1S/C11H20N2O3/c1-7-9(3-4-16-7)13-11(14)10-5-8(15-2)6-12-10/h7-10,12H,3-6H2,1-2H3,(H,13,14). The maximum atomic E-state index is 11.9. The highest BCUT2D eigenvalue weighted by Crippen LogP contribution is 2.14. The van der Waals surface area contributed by atoms with E-state index in [2.05, 4.69) is 10.6 Å². The third-order valence-corrected chi connectivity index (χ3v) is 3.44. The summed E-state index contributed by atoms with van der Waals surface area (Å²) in [6.07, 6.45) is 1.95. The van der Waals surface area contributed by atoms with Crippen LogP contribution in [0.1, 0.15) is 19.8 Å². The summed E-state index contributed by atoms with van der Waals surface area (Å²) in [7, 11) is 1.68. The molecule has 0 saturated carbocycles. The summed E-state index contributed by atoms with van der Waals surface area (Å²) in [6, 6.07) is 0.0497. The first-order valence-electron chi connectivity index (χ1n) is 5.89. The highest BCUT2D eigenvalue weighted by molar-refractivity contribution is 5.82. The maximum absolute atomic E-state index is 11.9. The number of amides is 1. The molecule has 0 bridgehead atoms. The Hall–Kier alpha value is -0.650. The number of methoxy groups -OCH3 is 1. The van der Waals surface area contributed by atoms with Gasteiger partial charge in [0.1, 0.15) is 0 Å². The van der Waals surface area contributed by atoms with Crippen molar-refractivity contribution in [1.82, 2.24) is 10.6 Å². The minimum Gasteiger partial charge on any atom is -0.380 e. The Morgan fingerprint density at radius 1 is 1.56 bits per heavy atom. The van der Waals surface area contributed by atoms with Crippen LogP contribution in [0.5, 0.6) is 0 Å². The fourth-order valence-electron chi connectivity index (χ4n) is 2.29. The van der Waals surface area contributed by atoms with Crippen molar-refractivity contribution in [3.05, 3.63) is 0 Å². The van der Waals surface area contributed by atoms with E-state index >= 15 is 0 Å². The van der Waals surface area contributed by atoms with Crippen LogP contribution < -0.4 is 10.6 Å². The fourth-order valence-corrected chi connectivity index (χ4v) is 2.29. The zero-order valence-corrected chi connectivity index (χ0v) is 9.86. The van der Waals surface area contributed by atoms with Crippen LogP contribution in [-0.2, 0) is 14.3 Å². The van der Waals surface area contributed by atoms with Gasteiger partial charge in [0.25, 0.3) is 0 Å². The lowest BCUT2D eigenvalue weighted by atomic mass is 10.1. The zero-order valence-electron chi connectivity index (χ0n) is 9.86. The van der Waals surface area contributed by atoms with Crippen molar-refractivity contribution in [2.24, 2.45) is 0 Å². The van der Waals surface area contributed by atoms with Crippen molar-refractivity contribution in [3.63, 3.8) is 0 Å². The lowest BCUT2D eigenvalue weighted by molar-refractivity contribution is -0.124. The van der Waals surface area contributed by atoms with E-state index in [4.69, 9.17) is 9.47 Å². The van der Waals surface area contributed by atoms with Gasteiger partial charge in [-0.25, -0.2) is 0 Å². The normalized spacial score (nSPS) is 38.9. The molecule has 5 heteroatoms. The van der Waals surface area contributed by atoms with E-state index in [0.29, 0.717) is 0 Å². The van der Waals surface area contributed by atoms with Crippen molar-refractivity contribution >= 4 is 5.91 Å². The van der Waals surface area contributed by atoms with Crippen LogP contribution in [0.15, 0.2) is 0 Å². The first-order valence-corrected chi connectivity index (χ1v) is 5.89. The molecule has 2 aliphatic rings. The third-order valence-electron chi connectivity index (χ3n) is 3.44. The molecule has 2 saturated heterocycles. The molecule has 4 unspecified atom stereocenters. The second-order valence-corrected chi connectivity index (χ2v) is 4.53. The van der Waals surface area contributed by atoms with Gasteiger partial charge in [0, 0.05) is 20.3 Å². The molecule has 0 spiro atoms. The predicted octanol–water partition coefficient (Wildman–Crippen LogP) is -0.343. The Morgan fingerprint density at radius 3 is 2.94 bits per heavy atom. The highest BCUT2D eigenvalue weighted by Gasteiger charge is 2.32. The Morgan fingerprint density at radius 2 is 2.38 bits per heavy atom. The van der Waals surface area contributed by atoms with Crippen LogP contribution in [0.2, 0.25) is 0 Å². The van der Waals surface area contributed by atoms with Crippen molar-refractivity contribution < 1.29 is 14.3 Å². The molecule has 2 fully saturated rings. The molecule has 0 aliphatic carbocycles. The number of carbonyl (C=O) groups excluding carboxylic acids is 1. The topological polar surface area (TPSA) is 59.6 Å². The van der Waals surface area contributed by atoms with Gasteiger partial charge in [-0.3, -0.25) is 4.79 Å². The van der Waals surface area contributed by atoms with Crippen molar-refractivity contribution in [1.29, 1.82) is 0 Å². The Kier molecular flexibility index (Phi) is 3.78. The number of hydrogen-bond acceptors (Lipinski definition) is 4. The van der Waals surface area contributed by atoms with Crippen LogP contribution in [0, 0.1) is 0 Å². The molecule has 5 nitrogen and oxygen atoms in total. The summed E-state index contributed by atoms with van der Waals surface area (Å²) in [5.41, 5.74) is 0. The number of nitrogens with one attached hydrogen (secondary N) is 2. The molecule has 0 radical (unpaired) electrons. The Labute approximate surface area is 95.9 Å². The lowest BCUT2D eigenvalue weighted by Crippen LogP contribution is -2.47. The van der Waals surface area contributed by atoms with Gasteiger partial charge in [-0.2, -0.15) is 0 Å². The van der Waals surface area contributed by atoms with Gasteiger partial charge in [0.05, 0.1) is 24.3 Å². The van der Waals surface area contributed by atoms with Gasteiger partial charge in [-0.05, 0) is 19.8 Å². The van der Waals surface area contributed by atoms with Crippen molar-refractivity contribution in [3.8, 4) is 0 Å². The molecule has 0 aromatic carbocycles. The molecule has 1 amide bonds. The van der Waals surface area contributed by atoms with Gasteiger partial charge in [-0.15, -0.1) is 0 Å². The second-order valence-electron chi connectivity index (χ2n) is 4.53. The molecule has 2 heterocycles. The molecular weight excluding hydrogens is 208 g/mol. The molecule has 0 aromatic heterocycles. The van der Waals surface area contributed by atoms with E-state index in [1.165, 1.54) is 0 Å². The molecule has 4 atom stereocenters. The summed E-state index contributed by atoms with van der Waals surface area (Å²) in [5, 5.41) is 6.20. The quantitative estimate of drug-likeness (QED) is 0.693. The van der Waals surface area contributed by atoms with Crippen LogP contribution in [-0.4, -0.2) is 50.5 Å². The number of hydrogen-bond donors (Lipinski definition) is 2. The van der Waals surface area contributed by atoms with E-state index in [9.17, 15) is 4.79 Å². The van der Waals surface area contributed by atoms with E-state index in [1.54, 1.807) is 7.11 Å². The van der Waals surface area contributed by atoms with Crippen LogP contribution in [0.4, 0.5) is 0 Å². The van der Waals surface area contributed by atoms with Gasteiger partial charge >= 0.3 is 0 Å². The average Bonchev–Trinajstić information content (AvgIpc) is 2.88. The van der Waals surface area contributed by atoms with E-state index < -0.39 is 0 Å². The molecule has 2 N–H and O–H groups in total. The summed E-state index contributed by atoms with van der Waals surface area (Å²) >= 11 is 0. The predicted molar refractivity (Wildman–Crippen MR) is 59.2 cm³/mol. The average molecular weight is 228 g/mol. The first kappa shape index (κ1) is 11.8. The first-order chi connectivity index (χ1) is 7.70. The third kappa shape index (κ3) is 2.53. The largest absolute Gasteiger partial charge is 0.380 e. The van der Waals surface area contributed by atoms with Gasteiger partial charge in [-0.1, -0.05) is 0 Å². The summed E-state index contributed by atoms with van der Waals surface area (Å²) in [4.78, 5) is 11.9. The minimum atomic E-state index is -0.113. The fraction of sp³-hybridized carbons (Fsp3) is 0.909. The SMILES string of the molecule is COC1CNC(C(=O)NC2CCOC2C)C1. The molecule has 0 aromatic rings. The highest BCUT2D eigenvalue weighted by atomic mass is 16.5. The van der Waals surface area contributed by atoms with Crippen molar-refractivity contribution in [2.75, 3.05) is 20.3 Å². The van der Waals surface area contributed by atoms with E-state index in [0.717, 1.165) is 26.0 Å². The van der Waals surface area contributed by atoms with Crippen LogP contribution >= 0.6 is 0 Å². The number of rotatable bonds is 3. The zero-order chi connectivity index (χ0) is 11.5. The van der Waals surface area contributed by atoms with Crippen LogP contribution in [0.3, 0.4) is 0 Å². The van der Waals surface area contributed by atoms with Gasteiger partial charge in [0.15, 0.2) is 0 Å². The molecule has 92 valence electrons. The number of carbonyl (C=O) groups is 1.